The van der Waals surface area contributed by atoms with Gasteiger partial charge in [-0.1, -0.05) is 13.0 Å². The summed E-state index contributed by atoms with van der Waals surface area (Å²) in [6, 6.07) is 5.62. The van der Waals surface area contributed by atoms with E-state index in [1.165, 1.54) is 0 Å². The fourth-order valence-electron chi connectivity index (χ4n) is 1.97. The van der Waals surface area contributed by atoms with E-state index in [2.05, 4.69) is 0 Å². The lowest BCUT2D eigenvalue weighted by Gasteiger charge is -2.08. The Balaban J connectivity index is 2.55. The fraction of sp³-hybridized carbons (Fsp3) is 0.385. The first kappa shape index (κ1) is 11.6. The quantitative estimate of drug-likeness (QED) is 0.761. The second-order valence-electron chi connectivity index (χ2n) is 4.14. The summed E-state index contributed by atoms with van der Waals surface area (Å²) in [5.74, 6) is -0.171. The van der Waals surface area contributed by atoms with Crippen molar-refractivity contribution in [3.63, 3.8) is 0 Å². The zero-order valence-corrected chi connectivity index (χ0v) is 9.97. The fourth-order valence-corrected chi connectivity index (χ4v) is 1.97. The summed E-state index contributed by atoms with van der Waals surface area (Å²) in [5, 5.41) is 0. The van der Waals surface area contributed by atoms with Crippen molar-refractivity contribution in [3.05, 3.63) is 34.3 Å². The monoisotopic (exact) mass is 233 g/mol. The molecule has 4 nitrogen and oxygen atoms in total. The minimum Gasteiger partial charge on any atom is -0.408 e. The lowest BCUT2D eigenvalue weighted by molar-refractivity contribution is -0.108. The maximum Gasteiger partial charge on any atom is 0.419 e. The number of carbonyl (C=O) groups excluding carboxylic acids is 1. The van der Waals surface area contributed by atoms with Gasteiger partial charge >= 0.3 is 5.76 Å². The highest BCUT2D eigenvalue weighted by Gasteiger charge is 2.11. The molecule has 0 saturated carbocycles. The predicted octanol–water partition coefficient (Wildman–Crippen LogP) is 2.31. The standard InChI is InChI=1S/C13H15NO3/c1-3-14-11-8-10(9(2)6-7-15)4-5-12(11)17-13(14)16/h4-5,7-9H,3,6H2,1-2H3. The summed E-state index contributed by atoms with van der Waals surface area (Å²) in [4.78, 5) is 22.0. The Bertz CT molecular complexity index is 594. The van der Waals surface area contributed by atoms with Crippen LogP contribution >= 0.6 is 0 Å². The van der Waals surface area contributed by atoms with Crippen LogP contribution in [0.4, 0.5) is 0 Å². The van der Waals surface area contributed by atoms with Crippen LogP contribution in [-0.4, -0.2) is 10.9 Å². The summed E-state index contributed by atoms with van der Waals surface area (Å²) in [6.45, 7) is 4.47. The average molecular weight is 233 g/mol. The largest absolute Gasteiger partial charge is 0.419 e. The van der Waals surface area contributed by atoms with Gasteiger partial charge in [0.1, 0.15) is 6.29 Å². The number of oxazole rings is 1. The van der Waals surface area contributed by atoms with E-state index < -0.39 is 0 Å². The second-order valence-corrected chi connectivity index (χ2v) is 4.14. The number of benzene rings is 1. The molecule has 17 heavy (non-hydrogen) atoms. The highest BCUT2D eigenvalue weighted by atomic mass is 16.4. The smallest absolute Gasteiger partial charge is 0.408 e. The molecule has 0 fully saturated rings. The van der Waals surface area contributed by atoms with Crippen molar-refractivity contribution in [1.82, 2.24) is 4.57 Å². The molecule has 90 valence electrons. The summed E-state index contributed by atoms with van der Waals surface area (Å²) in [6.07, 6.45) is 1.40. The van der Waals surface area contributed by atoms with Crippen molar-refractivity contribution >= 4 is 17.4 Å². The molecule has 4 heteroatoms. The van der Waals surface area contributed by atoms with Gasteiger partial charge < -0.3 is 9.21 Å². The topological polar surface area (TPSA) is 52.2 Å². The number of nitrogens with zero attached hydrogens (tertiary/aromatic N) is 1. The Morgan fingerprint density at radius 1 is 1.47 bits per heavy atom. The van der Waals surface area contributed by atoms with E-state index in [1.54, 1.807) is 10.6 Å². The van der Waals surface area contributed by atoms with Crippen LogP contribution in [0.1, 0.15) is 31.7 Å². The van der Waals surface area contributed by atoms with Crippen molar-refractivity contribution < 1.29 is 9.21 Å². The Labute approximate surface area is 98.8 Å². The van der Waals surface area contributed by atoms with Crippen LogP contribution in [0.3, 0.4) is 0 Å². The molecule has 0 spiro atoms. The molecule has 0 amide bonds. The summed E-state index contributed by atoms with van der Waals surface area (Å²) in [7, 11) is 0. The molecule has 1 aromatic heterocycles. The lowest BCUT2D eigenvalue weighted by Crippen LogP contribution is -2.12. The van der Waals surface area contributed by atoms with Crippen LogP contribution in [0, 0.1) is 0 Å². The first-order chi connectivity index (χ1) is 8.17. The van der Waals surface area contributed by atoms with Gasteiger partial charge in [0.2, 0.25) is 0 Å². The average Bonchev–Trinajstić information content (AvgIpc) is 2.63. The zero-order chi connectivity index (χ0) is 12.4. The first-order valence-corrected chi connectivity index (χ1v) is 5.74. The number of aromatic nitrogens is 1. The minimum atomic E-state index is -0.331. The molecule has 1 heterocycles. The van der Waals surface area contributed by atoms with Gasteiger partial charge in [0.25, 0.3) is 0 Å². The van der Waals surface area contributed by atoms with E-state index in [0.717, 1.165) is 17.4 Å². The Hall–Kier alpha value is -1.84. The number of aldehydes is 1. The number of aryl methyl sites for hydroxylation is 1. The van der Waals surface area contributed by atoms with Crippen LogP contribution < -0.4 is 5.76 Å². The summed E-state index contributed by atoms with van der Waals surface area (Å²) < 4.78 is 6.71. The van der Waals surface area contributed by atoms with Gasteiger partial charge in [-0.2, -0.15) is 0 Å². The van der Waals surface area contributed by atoms with E-state index in [9.17, 15) is 9.59 Å². The molecule has 0 aliphatic carbocycles. The van der Waals surface area contributed by atoms with Gasteiger partial charge in [-0.15, -0.1) is 0 Å². The lowest BCUT2D eigenvalue weighted by atomic mass is 9.98. The molecular weight excluding hydrogens is 218 g/mol. The molecule has 0 saturated heterocycles. The van der Waals surface area contributed by atoms with Gasteiger partial charge in [-0.25, -0.2) is 4.79 Å². The molecule has 0 aliphatic rings. The Morgan fingerprint density at radius 3 is 2.88 bits per heavy atom. The first-order valence-electron chi connectivity index (χ1n) is 5.74. The molecule has 0 radical (unpaired) electrons. The van der Waals surface area contributed by atoms with Crippen molar-refractivity contribution in [2.24, 2.45) is 0 Å². The van der Waals surface area contributed by atoms with Crippen LogP contribution in [0.5, 0.6) is 0 Å². The second kappa shape index (κ2) is 4.57. The van der Waals surface area contributed by atoms with Crippen LogP contribution in [0.25, 0.3) is 11.1 Å². The van der Waals surface area contributed by atoms with Crippen molar-refractivity contribution in [3.8, 4) is 0 Å². The van der Waals surface area contributed by atoms with E-state index in [-0.39, 0.29) is 11.7 Å². The number of hydrogen-bond acceptors (Lipinski definition) is 3. The molecule has 2 aromatic rings. The number of fused-ring (bicyclic) bond motifs is 1. The highest BCUT2D eigenvalue weighted by molar-refractivity contribution is 5.74. The van der Waals surface area contributed by atoms with Gasteiger partial charge in [0, 0.05) is 13.0 Å². The van der Waals surface area contributed by atoms with Crippen molar-refractivity contribution in [2.45, 2.75) is 32.7 Å². The van der Waals surface area contributed by atoms with E-state index in [0.29, 0.717) is 18.5 Å². The Kier molecular flexibility index (Phi) is 3.13. The Morgan fingerprint density at radius 2 is 2.24 bits per heavy atom. The maximum atomic E-state index is 11.5. The molecule has 1 unspecified atom stereocenters. The summed E-state index contributed by atoms with van der Waals surface area (Å²) >= 11 is 0. The molecule has 0 aliphatic heterocycles. The van der Waals surface area contributed by atoms with Crippen LogP contribution in [-0.2, 0) is 11.3 Å². The molecular formula is C13H15NO3. The van der Waals surface area contributed by atoms with Gasteiger partial charge in [0.15, 0.2) is 5.58 Å². The van der Waals surface area contributed by atoms with Gasteiger partial charge in [-0.05, 0) is 30.5 Å². The highest BCUT2D eigenvalue weighted by Crippen LogP contribution is 2.22. The number of carbonyl (C=O) groups is 1. The molecule has 1 atom stereocenters. The van der Waals surface area contributed by atoms with E-state index in [4.69, 9.17) is 4.42 Å². The predicted molar refractivity (Wildman–Crippen MR) is 65.2 cm³/mol. The summed E-state index contributed by atoms with van der Waals surface area (Å²) in [5.41, 5.74) is 2.44. The normalized spacial score (nSPS) is 12.8. The molecule has 1 aromatic carbocycles. The van der Waals surface area contributed by atoms with Crippen LogP contribution in [0.2, 0.25) is 0 Å². The third-order valence-electron chi connectivity index (χ3n) is 3.03. The van der Waals surface area contributed by atoms with Crippen molar-refractivity contribution in [1.29, 1.82) is 0 Å². The third kappa shape index (κ3) is 2.02. The molecule has 0 bridgehead atoms. The van der Waals surface area contributed by atoms with Crippen LogP contribution in [0.15, 0.2) is 27.4 Å². The SMILES string of the molecule is CCn1c(=O)oc2ccc(C(C)CC=O)cc21. The number of hydrogen-bond donors (Lipinski definition) is 0. The minimum absolute atomic E-state index is 0.159. The molecule has 2 rings (SSSR count). The van der Waals surface area contributed by atoms with Gasteiger partial charge in [-0.3, -0.25) is 4.57 Å². The number of rotatable bonds is 4. The zero-order valence-electron chi connectivity index (χ0n) is 9.97. The third-order valence-corrected chi connectivity index (χ3v) is 3.03. The van der Waals surface area contributed by atoms with Gasteiger partial charge in [0.05, 0.1) is 5.52 Å². The van der Waals surface area contributed by atoms with E-state index in [1.807, 2.05) is 26.0 Å². The van der Waals surface area contributed by atoms with Crippen molar-refractivity contribution in [2.75, 3.05) is 0 Å². The van der Waals surface area contributed by atoms with E-state index >= 15 is 0 Å². The molecule has 0 N–H and O–H groups in total. The maximum absolute atomic E-state index is 11.5.